The van der Waals surface area contributed by atoms with Crippen LogP contribution in [0.25, 0.3) is 0 Å². The van der Waals surface area contributed by atoms with E-state index in [4.69, 9.17) is 0 Å². The molecule has 0 radical (unpaired) electrons. The van der Waals surface area contributed by atoms with Gasteiger partial charge in [-0.2, -0.15) is 0 Å². The van der Waals surface area contributed by atoms with Gasteiger partial charge in [-0.15, -0.1) is 0 Å². The molecular weight excluding hydrogens is 224 g/mol. The third-order valence-corrected chi connectivity index (χ3v) is 4.76. The molecule has 0 spiro atoms. The molecule has 2 aliphatic rings. The first kappa shape index (κ1) is 12.0. The van der Waals surface area contributed by atoms with Crippen LogP contribution in [0.5, 0.6) is 0 Å². The maximum absolute atomic E-state index is 11.0. The monoisotopic (exact) mass is 246 g/mol. The van der Waals surface area contributed by atoms with Crippen molar-refractivity contribution >= 4 is 5.69 Å². The average Bonchev–Trinajstić information content (AvgIpc) is 2.41. The van der Waals surface area contributed by atoms with Crippen LogP contribution in [0.2, 0.25) is 0 Å². The smallest absolute Gasteiger partial charge is 0.0875 e. The number of aliphatic hydroxyl groups is 1. The maximum Gasteiger partial charge on any atom is 0.0875 e. The van der Waals surface area contributed by atoms with Gasteiger partial charge >= 0.3 is 0 Å². The van der Waals surface area contributed by atoms with E-state index in [1.807, 2.05) is 12.1 Å². The molecule has 98 valence electrons. The van der Waals surface area contributed by atoms with Crippen LogP contribution in [0, 0.1) is 5.92 Å². The zero-order valence-electron chi connectivity index (χ0n) is 10.8. The lowest BCUT2D eigenvalue weighted by molar-refractivity contribution is -0.0835. The van der Waals surface area contributed by atoms with Crippen molar-refractivity contribution in [2.24, 2.45) is 5.92 Å². The van der Waals surface area contributed by atoms with E-state index in [0.29, 0.717) is 5.92 Å². The van der Waals surface area contributed by atoms with Crippen molar-refractivity contribution in [2.45, 2.75) is 56.6 Å². The normalized spacial score (nSPS) is 35.8. The van der Waals surface area contributed by atoms with Crippen LogP contribution < -0.4 is 5.32 Å². The third kappa shape index (κ3) is 2.12. The fourth-order valence-corrected chi connectivity index (χ4v) is 3.77. The molecule has 1 aromatic rings. The van der Waals surface area contributed by atoms with Gasteiger partial charge < -0.3 is 10.4 Å². The molecule has 2 aliphatic carbocycles. The number of hydrogen-bond donors (Lipinski definition) is 2. The zero-order chi connectivity index (χ0) is 12.4. The molecular formula is C15H22N2O. The molecule has 3 heteroatoms. The van der Waals surface area contributed by atoms with Crippen molar-refractivity contribution in [3.63, 3.8) is 0 Å². The first-order valence-corrected chi connectivity index (χ1v) is 7.18. The number of pyridine rings is 1. The van der Waals surface area contributed by atoms with Gasteiger partial charge in [-0.3, -0.25) is 4.98 Å². The molecule has 0 aliphatic heterocycles. The van der Waals surface area contributed by atoms with Gasteiger partial charge in [0.2, 0.25) is 0 Å². The van der Waals surface area contributed by atoms with Gasteiger partial charge in [0.1, 0.15) is 0 Å². The first-order valence-electron chi connectivity index (χ1n) is 7.18. The molecule has 0 saturated heterocycles. The Hall–Kier alpha value is -1.09. The van der Waals surface area contributed by atoms with Gasteiger partial charge in [-0.1, -0.05) is 19.3 Å². The number of rotatable bonds is 2. The average molecular weight is 246 g/mol. The molecule has 1 heterocycles. The number of nitrogens with one attached hydrogen (secondary N) is 1. The molecule has 0 unspecified atom stereocenters. The summed E-state index contributed by atoms with van der Waals surface area (Å²) in [5, 5.41) is 14.6. The Morgan fingerprint density at radius 1 is 1.11 bits per heavy atom. The summed E-state index contributed by atoms with van der Waals surface area (Å²) in [4.78, 5) is 4.03. The SMILES string of the molecule is O[C@]12CCCC[C@@H]1CCC[C@H]2Nc1ccncc1. The molecule has 1 aromatic heterocycles. The predicted octanol–water partition coefficient (Wildman–Crippen LogP) is 2.97. The van der Waals surface area contributed by atoms with Crippen molar-refractivity contribution in [1.82, 2.24) is 4.98 Å². The largest absolute Gasteiger partial charge is 0.387 e. The van der Waals surface area contributed by atoms with E-state index >= 15 is 0 Å². The van der Waals surface area contributed by atoms with Gasteiger partial charge in [0.25, 0.3) is 0 Å². The Labute approximate surface area is 109 Å². The highest BCUT2D eigenvalue weighted by molar-refractivity contribution is 5.43. The second-order valence-corrected chi connectivity index (χ2v) is 5.80. The first-order chi connectivity index (χ1) is 8.79. The second kappa shape index (κ2) is 4.88. The fraction of sp³-hybridized carbons (Fsp3) is 0.667. The third-order valence-electron chi connectivity index (χ3n) is 4.76. The van der Waals surface area contributed by atoms with E-state index in [1.54, 1.807) is 12.4 Å². The number of anilines is 1. The number of aromatic nitrogens is 1. The Morgan fingerprint density at radius 3 is 2.72 bits per heavy atom. The van der Waals surface area contributed by atoms with E-state index in [0.717, 1.165) is 18.5 Å². The minimum Gasteiger partial charge on any atom is -0.387 e. The van der Waals surface area contributed by atoms with Crippen LogP contribution in [-0.4, -0.2) is 21.7 Å². The standard InChI is InChI=1S/C15H22N2O/c18-15-9-2-1-4-12(15)5-3-6-14(15)17-13-7-10-16-11-8-13/h7-8,10-12,14,18H,1-6,9H2,(H,16,17)/t12-,14-,15-/m1/s1. The summed E-state index contributed by atoms with van der Waals surface area (Å²) in [6, 6.07) is 4.17. The van der Waals surface area contributed by atoms with Crippen molar-refractivity contribution in [3.8, 4) is 0 Å². The molecule has 3 atom stereocenters. The Balaban J connectivity index is 1.78. The van der Waals surface area contributed by atoms with E-state index in [2.05, 4.69) is 10.3 Å². The Morgan fingerprint density at radius 2 is 1.89 bits per heavy atom. The number of fused-ring (bicyclic) bond motifs is 1. The minimum absolute atomic E-state index is 0.207. The molecule has 2 N–H and O–H groups in total. The van der Waals surface area contributed by atoms with Gasteiger partial charge in [-0.05, 0) is 43.7 Å². The van der Waals surface area contributed by atoms with E-state index < -0.39 is 5.60 Å². The molecule has 18 heavy (non-hydrogen) atoms. The summed E-state index contributed by atoms with van der Waals surface area (Å²) in [6.45, 7) is 0. The topological polar surface area (TPSA) is 45.1 Å². The van der Waals surface area contributed by atoms with E-state index in [9.17, 15) is 5.11 Å². The second-order valence-electron chi connectivity index (χ2n) is 5.80. The zero-order valence-corrected chi connectivity index (χ0v) is 10.8. The molecule has 0 amide bonds. The number of hydrogen-bond acceptors (Lipinski definition) is 3. The highest BCUT2D eigenvalue weighted by Gasteiger charge is 2.47. The van der Waals surface area contributed by atoms with Crippen molar-refractivity contribution < 1.29 is 5.11 Å². The highest BCUT2D eigenvalue weighted by atomic mass is 16.3. The molecule has 2 fully saturated rings. The summed E-state index contributed by atoms with van der Waals surface area (Å²) < 4.78 is 0. The van der Waals surface area contributed by atoms with Crippen molar-refractivity contribution in [1.29, 1.82) is 0 Å². The summed E-state index contributed by atoms with van der Waals surface area (Å²) in [5.41, 5.74) is 0.592. The van der Waals surface area contributed by atoms with Crippen LogP contribution in [0.15, 0.2) is 24.5 Å². The molecule has 0 aromatic carbocycles. The van der Waals surface area contributed by atoms with E-state index in [1.165, 1.54) is 32.1 Å². The molecule has 3 nitrogen and oxygen atoms in total. The van der Waals surface area contributed by atoms with Gasteiger partial charge in [0, 0.05) is 18.1 Å². The summed E-state index contributed by atoms with van der Waals surface area (Å²) in [7, 11) is 0. The van der Waals surface area contributed by atoms with Crippen LogP contribution in [-0.2, 0) is 0 Å². The quantitative estimate of drug-likeness (QED) is 0.843. The predicted molar refractivity (Wildman–Crippen MR) is 72.4 cm³/mol. The summed E-state index contributed by atoms with van der Waals surface area (Å²) in [5.74, 6) is 0.499. The van der Waals surface area contributed by atoms with Gasteiger partial charge in [-0.25, -0.2) is 0 Å². The minimum atomic E-state index is -0.486. The van der Waals surface area contributed by atoms with Crippen LogP contribution in [0.4, 0.5) is 5.69 Å². The number of nitrogens with zero attached hydrogens (tertiary/aromatic N) is 1. The maximum atomic E-state index is 11.0. The lowest BCUT2D eigenvalue weighted by Gasteiger charge is -2.49. The Kier molecular flexibility index (Phi) is 3.25. The molecule has 0 bridgehead atoms. The fourth-order valence-electron chi connectivity index (χ4n) is 3.77. The van der Waals surface area contributed by atoms with Gasteiger partial charge in [0.05, 0.1) is 11.6 Å². The lowest BCUT2D eigenvalue weighted by Crippen LogP contribution is -2.56. The van der Waals surface area contributed by atoms with Crippen molar-refractivity contribution in [2.75, 3.05) is 5.32 Å². The summed E-state index contributed by atoms with van der Waals surface area (Å²) in [6.07, 6.45) is 11.7. The molecule has 3 rings (SSSR count). The molecule has 2 saturated carbocycles. The Bertz CT molecular complexity index is 393. The lowest BCUT2D eigenvalue weighted by atomic mass is 9.65. The van der Waals surface area contributed by atoms with E-state index in [-0.39, 0.29) is 6.04 Å². The van der Waals surface area contributed by atoms with Gasteiger partial charge in [0.15, 0.2) is 0 Å². The summed E-state index contributed by atoms with van der Waals surface area (Å²) >= 11 is 0. The highest BCUT2D eigenvalue weighted by Crippen LogP contribution is 2.44. The van der Waals surface area contributed by atoms with Crippen LogP contribution in [0.1, 0.15) is 44.9 Å². The van der Waals surface area contributed by atoms with Crippen LogP contribution in [0.3, 0.4) is 0 Å². The van der Waals surface area contributed by atoms with Crippen LogP contribution >= 0.6 is 0 Å². The van der Waals surface area contributed by atoms with Crippen molar-refractivity contribution in [3.05, 3.63) is 24.5 Å².